The molecule has 488 valence electrons. The molecule has 8 rings (SSSR count). The molecule has 0 aliphatic rings. The molecule has 3 aromatic heterocycles. The van der Waals surface area contributed by atoms with E-state index in [-0.39, 0.29) is 0 Å². The van der Waals surface area contributed by atoms with Crippen LogP contribution in [0.3, 0.4) is 0 Å². The normalized spacial score (nSPS) is 11.2. The van der Waals surface area contributed by atoms with Crippen LogP contribution in [0, 0.1) is 13.8 Å². The Labute approximate surface area is 554 Å². The Balaban J connectivity index is 0.000000226. The summed E-state index contributed by atoms with van der Waals surface area (Å²) >= 11 is -1.31. The van der Waals surface area contributed by atoms with Gasteiger partial charge in [-0.05, 0) is 84.9 Å². The van der Waals surface area contributed by atoms with Crippen molar-refractivity contribution in [1.82, 2.24) is 29.9 Å². The molecule has 0 saturated heterocycles. The van der Waals surface area contributed by atoms with Crippen LogP contribution in [0.25, 0.3) is 56.4 Å². The van der Waals surface area contributed by atoms with Gasteiger partial charge in [0.25, 0.3) is 0 Å². The molecule has 0 radical (unpaired) electrons. The van der Waals surface area contributed by atoms with Crippen molar-refractivity contribution in [2.75, 3.05) is 13.2 Å². The number of hydrogen-bond acceptors (Lipinski definition) is 8. The average Bonchev–Trinajstić information content (AvgIpc) is 1.95. The minimum atomic E-state index is -1.31. The first-order valence-corrected chi connectivity index (χ1v) is 43.4. The first kappa shape index (κ1) is 73.5. The molecular weight excluding hydrogens is 1170 g/mol. The van der Waals surface area contributed by atoms with Crippen molar-refractivity contribution in [1.29, 1.82) is 0 Å². The van der Waals surface area contributed by atoms with E-state index in [4.69, 9.17) is 9.47 Å². The van der Waals surface area contributed by atoms with Crippen molar-refractivity contribution < 1.29 is 9.47 Å². The molecule has 3 heterocycles. The van der Waals surface area contributed by atoms with Crippen molar-refractivity contribution in [3.63, 3.8) is 0 Å². The SMILES string of the molecule is CCCCCCCCCCOc1cnc(-c2ccc(C)cc2)nc1.CCCCCCCCc1ccc(-c2ccc(-c3ncc(C)cn3)cc2)cc1.CCCCCCCCc1ccc(-c2ccc(-c3ncc(OCCCCCCCC[CH2][Ge]([CH3])([CH3])[CH3])cn3)cc2)cc1. The van der Waals surface area contributed by atoms with Crippen molar-refractivity contribution in [3.8, 4) is 67.9 Å². The number of unbranched alkanes of at least 4 members (excludes halogenated alkanes) is 23. The molecule has 8 aromatic rings. The molecular formula is C82H114GeN6O2. The van der Waals surface area contributed by atoms with Crippen molar-refractivity contribution >= 4 is 13.3 Å². The van der Waals surface area contributed by atoms with Gasteiger partial charge in [0.1, 0.15) is 0 Å². The van der Waals surface area contributed by atoms with Gasteiger partial charge < -0.3 is 4.74 Å². The van der Waals surface area contributed by atoms with Crippen LogP contribution in [-0.4, -0.2) is 56.4 Å². The molecule has 91 heavy (non-hydrogen) atoms. The summed E-state index contributed by atoms with van der Waals surface area (Å²) in [5.41, 5.74) is 13.3. The smallest absolute Gasteiger partial charge is 0.233 e. The molecule has 0 aliphatic carbocycles. The summed E-state index contributed by atoms with van der Waals surface area (Å²) in [7, 11) is 0. The van der Waals surface area contributed by atoms with Gasteiger partial charge in [-0.25, -0.2) is 29.9 Å². The fourth-order valence-electron chi connectivity index (χ4n) is 11.2. The van der Waals surface area contributed by atoms with E-state index in [0.717, 1.165) is 77.3 Å². The molecule has 0 amide bonds. The van der Waals surface area contributed by atoms with E-state index in [1.54, 1.807) is 24.8 Å². The van der Waals surface area contributed by atoms with Gasteiger partial charge in [-0.2, -0.15) is 0 Å². The Hall–Kier alpha value is -6.52. The van der Waals surface area contributed by atoms with Gasteiger partial charge in [-0.3, -0.25) is 0 Å². The summed E-state index contributed by atoms with van der Waals surface area (Å²) in [5.74, 6) is 11.3. The Bertz CT molecular complexity index is 3090. The molecule has 0 fully saturated rings. The van der Waals surface area contributed by atoms with E-state index in [9.17, 15) is 0 Å². The van der Waals surface area contributed by atoms with Crippen LogP contribution in [0.2, 0.25) is 22.5 Å². The van der Waals surface area contributed by atoms with Crippen molar-refractivity contribution in [2.45, 2.75) is 243 Å². The summed E-state index contributed by atoms with van der Waals surface area (Å²) in [6, 6.07) is 43.4. The topological polar surface area (TPSA) is 95.8 Å². The first-order chi connectivity index (χ1) is 44.5. The molecule has 0 N–H and O–H groups in total. The van der Waals surface area contributed by atoms with Crippen LogP contribution in [-0.2, 0) is 12.8 Å². The second kappa shape index (κ2) is 44.1. The van der Waals surface area contributed by atoms with E-state index in [1.807, 2.05) is 31.5 Å². The quantitative estimate of drug-likeness (QED) is 0.0277. The maximum atomic E-state index is 5.89. The van der Waals surface area contributed by atoms with E-state index in [2.05, 4.69) is 184 Å². The zero-order valence-corrected chi connectivity index (χ0v) is 59.7. The van der Waals surface area contributed by atoms with Crippen LogP contribution < -0.4 is 9.47 Å². The first-order valence-electron chi connectivity index (χ1n) is 35.6. The molecule has 0 bridgehead atoms. The summed E-state index contributed by atoms with van der Waals surface area (Å²) < 4.78 is 11.6. The molecule has 9 heteroatoms. The standard InChI is InChI=1S/C36H54GeN2O.C25H30N2.C21H30N2O/c1-5-6-7-8-12-15-18-31-19-21-32(22-20-31)33-23-25-34(26-24-33)36-38-29-35(30-39-36)40-28-17-14-11-9-10-13-16-27-37(2,3)4;1-3-4-5-6-7-8-9-21-10-12-22(13-11-21)23-14-16-24(17-15-23)25-26-18-20(2)19-27-25;1-3-4-5-6-7-8-9-10-15-24-20-16-22-21(23-17-20)19-13-11-18(2)12-14-19/h19-26,29-30H,5-18,27-28H2,1-4H3;10-19H,3-9H2,1-2H3;11-14,16-17H,3-10,15H2,1-2H3. The van der Waals surface area contributed by atoms with Crippen LogP contribution in [0.15, 0.2) is 159 Å². The predicted molar refractivity (Wildman–Crippen MR) is 391 cm³/mol. The fourth-order valence-corrected chi connectivity index (χ4v) is 13.9. The van der Waals surface area contributed by atoms with E-state index < -0.39 is 13.3 Å². The van der Waals surface area contributed by atoms with Crippen molar-refractivity contribution in [3.05, 3.63) is 181 Å². The predicted octanol–water partition coefficient (Wildman–Crippen LogP) is 24.2. The number of benzene rings is 5. The Morgan fingerprint density at radius 1 is 0.275 bits per heavy atom. The maximum absolute atomic E-state index is 5.89. The number of aryl methyl sites for hydroxylation is 4. The molecule has 8 nitrogen and oxygen atoms in total. The third kappa shape index (κ3) is 30.6. The number of rotatable bonds is 40. The van der Waals surface area contributed by atoms with Crippen LogP contribution in [0.1, 0.15) is 216 Å². The van der Waals surface area contributed by atoms with Crippen LogP contribution >= 0.6 is 0 Å². The van der Waals surface area contributed by atoms with Gasteiger partial charge in [-0.15, -0.1) is 0 Å². The molecule has 0 atom stereocenters. The zero-order chi connectivity index (χ0) is 64.4. The summed E-state index contributed by atoms with van der Waals surface area (Å²) in [6.07, 6.45) is 49.2. The summed E-state index contributed by atoms with van der Waals surface area (Å²) in [5, 5.41) is 1.52. The fraction of sp³-hybridized carbons (Fsp3) is 0.488. The van der Waals surface area contributed by atoms with E-state index in [1.165, 1.54) is 218 Å². The molecule has 5 aromatic carbocycles. The Morgan fingerprint density at radius 3 is 0.868 bits per heavy atom. The minimum Gasteiger partial charge on any atom is -0.233 e. The Morgan fingerprint density at radius 2 is 0.538 bits per heavy atom. The number of hydrogen-bond donors (Lipinski definition) is 0. The monoisotopic (exact) mass is 1290 g/mol. The van der Waals surface area contributed by atoms with Gasteiger partial charge in [0.2, 0.25) is 0 Å². The second-order valence-electron chi connectivity index (χ2n) is 26.5. The number of aromatic nitrogens is 6. The van der Waals surface area contributed by atoms with Gasteiger partial charge in [0.05, 0.1) is 19.0 Å². The third-order valence-corrected chi connectivity index (χ3v) is 20.8. The number of nitrogens with zero attached hydrogens (tertiary/aromatic N) is 6. The minimum absolute atomic E-state index is 0.739. The summed E-state index contributed by atoms with van der Waals surface area (Å²) in [4.78, 5) is 26.7. The van der Waals surface area contributed by atoms with Crippen molar-refractivity contribution in [2.24, 2.45) is 0 Å². The van der Waals surface area contributed by atoms with Gasteiger partial charge in [0, 0.05) is 29.1 Å². The van der Waals surface area contributed by atoms with E-state index >= 15 is 0 Å². The molecule has 0 saturated carbocycles. The van der Waals surface area contributed by atoms with Crippen LogP contribution in [0.4, 0.5) is 0 Å². The zero-order valence-electron chi connectivity index (χ0n) is 57.6. The van der Waals surface area contributed by atoms with Gasteiger partial charge in [0.15, 0.2) is 23.2 Å². The molecule has 0 unspecified atom stereocenters. The summed E-state index contributed by atoms with van der Waals surface area (Å²) in [6.45, 7) is 12.4. The van der Waals surface area contributed by atoms with Gasteiger partial charge >= 0.3 is 110 Å². The Kier molecular flexibility index (Phi) is 35.6. The molecule has 0 aliphatic heterocycles. The third-order valence-electron chi connectivity index (χ3n) is 17.0. The van der Waals surface area contributed by atoms with Crippen LogP contribution in [0.5, 0.6) is 11.5 Å². The molecule has 0 spiro atoms. The van der Waals surface area contributed by atoms with Gasteiger partial charge in [-0.1, -0.05) is 257 Å². The number of ether oxygens (including phenoxy) is 2. The second-order valence-corrected chi connectivity index (χ2v) is 38.3. The van der Waals surface area contributed by atoms with E-state index in [0.29, 0.717) is 0 Å². The average molecular weight is 1290 g/mol.